The molecule has 1 aromatic carbocycles. The van der Waals surface area contributed by atoms with Gasteiger partial charge in [0.1, 0.15) is 0 Å². The van der Waals surface area contributed by atoms with Crippen LogP contribution in [-0.4, -0.2) is 17.0 Å². The normalized spacial score (nSPS) is 10.3. The summed E-state index contributed by atoms with van der Waals surface area (Å²) in [5, 5.41) is 11.7. The van der Waals surface area contributed by atoms with Gasteiger partial charge in [-0.05, 0) is 55.6 Å². The van der Waals surface area contributed by atoms with E-state index in [-0.39, 0.29) is 18.0 Å². The van der Waals surface area contributed by atoms with Gasteiger partial charge in [0.25, 0.3) is 5.91 Å². The van der Waals surface area contributed by atoms with Crippen molar-refractivity contribution in [1.82, 2.24) is 5.32 Å². The number of halogens is 2. The van der Waals surface area contributed by atoms with Crippen molar-refractivity contribution >= 4 is 55.1 Å². The number of carbonyl (C=O) groups is 2. The summed E-state index contributed by atoms with van der Waals surface area (Å²) in [6.45, 7) is 0.278. The fourth-order valence-corrected chi connectivity index (χ4v) is 4.38. The molecule has 2 N–H and O–H groups in total. The Kier molecular flexibility index (Phi) is 4.95. The average molecular weight is 419 g/mol. The Morgan fingerprint density at radius 3 is 2.60 bits per heavy atom. The lowest BCUT2D eigenvalue weighted by molar-refractivity contribution is 0.0696. The lowest BCUT2D eigenvalue weighted by Gasteiger charge is -2.05. The molecule has 4 nitrogen and oxygen atoms in total. The molecule has 0 spiro atoms. The third-order valence-corrected chi connectivity index (χ3v) is 4.87. The van der Waals surface area contributed by atoms with Gasteiger partial charge in [0.2, 0.25) is 0 Å². The van der Waals surface area contributed by atoms with Gasteiger partial charge in [0, 0.05) is 6.54 Å². The molecule has 104 valence electrons. The minimum absolute atomic E-state index is 0.205. The number of nitrogens with one attached hydrogen (secondary N) is 1. The Morgan fingerprint density at radius 1 is 1.25 bits per heavy atom. The molecular formula is C13H9Br2NO3S. The summed E-state index contributed by atoms with van der Waals surface area (Å²) >= 11 is 8.06. The number of benzene rings is 1. The monoisotopic (exact) mass is 417 g/mol. The molecule has 0 saturated carbocycles. The molecule has 0 aliphatic rings. The third kappa shape index (κ3) is 3.68. The Hall–Kier alpha value is -1.18. The van der Waals surface area contributed by atoms with Crippen molar-refractivity contribution in [3.05, 3.63) is 54.6 Å². The number of carbonyl (C=O) groups excluding carboxylic acids is 1. The van der Waals surface area contributed by atoms with Crippen LogP contribution in [0.1, 0.15) is 26.3 Å². The zero-order valence-electron chi connectivity index (χ0n) is 10.0. The number of hydrogen-bond acceptors (Lipinski definition) is 3. The smallest absolute Gasteiger partial charge is 0.335 e. The standard InChI is InChI=1S/C13H9Br2NO3S/c14-10-5-9(11(15)20-10)12(17)16-6-7-2-1-3-8(4-7)13(18)19/h1-5H,6H2,(H,16,17)(H,18,19). The first kappa shape index (κ1) is 15.2. The van der Waals surface area contributed by atoms with E-state index < -0.39 is 5.97 Å². The first-order valence-electron chi connectivity index (χ1n) is 5.52. The highest BCUT2D eigenvalue weighted by atomic mass is 79.9. The Bertz CT molecular complexity index is 669. The van der Waals surface area contributed by atoms with Crippen LogP contribution in [0.5, 0.6) is 0 Å². The van der Waals surface area contributed by atoms with Gasteiger partial charge in [0.15, 0.2) is 0 Å². The average Bonchev–Trinajstić information content (AvgIpc) is 2.75. The summed E-state index contributed by atoms with van der Waals surface area (Å²) in [6, 6.07) is 8.21. The van der Waals surface area contributed by atoms with Crippen LogP contribution in [0.25, 0.3) is 0 Å². The quantitative estimate of drug-likeness (QED) is 0.791. The van der Waals surface area contributed by atoms with Crippen molar-refractivity contribution in [3.8, 4) is 0 Å². The molecule has 0 saturated heterocycles. The maximum absolute atomic E-state index is 12.0. The number of aromatic carboxylic acids is 1. The van der Waals surface area contributed by atoms with Crippen LogP contribution in [0.4, 0.5) is 0 Å². The van der Waals surface area contributed by atoms with Crippen LogP contribution in [0.3, 0.4) is 0 Å². The van der Waals surface area contributed by atoms with Gasteiger partial charge in [0.05, 0.1) is 18.7 Å². The van der Waals surface area contributed by atoms with E-state index in [9.17, 15) is 9.59 Å². The lowest BCUT2D eigenvalue weighted by atomic mass is 10.1. The summed E-state index contributed by atoms with van der Waals surface area (Å²) in [4.78, 5) is 22.9. The molecule has 0 fully saturated rings. The van der Waals surface area contributed by atoms with E-state index in [0.29, 0.717) is 5.56 Å². The van der Waals surface area contributed by atoms with Gasteiger partial charge in [-0.25, -0.2) is 4.79 Å². The number of thiophene rings is 1. The number of amides is 1. The van der Waals surface area contributed by atoms with Crippen LogP contribution in [-0.2, 0) is 6.54 Å². The molecular weight excluding hydrogens is 410 g/mol. The predicted molar refractivity (Wildman–Crippen MR) is 84.3 cm³/mol. The van der Waals surface area contributed by atoms with Gasteiger partial charge >= 0.3 is 5.97 Å². The molecule has 2 aromatic rings. The van der Waals surface area contributed by atoms with Crippen LogP contribution >= 0.6 is 43.2 Å². The predicted octanol–water partition coefficient (Wildman–Crippen LogP) is 3.90. The summed E-state index contributed by atoms with van der Waals surface area (Å²) < 4.78 is 1.61. The SMILES string of the molecule is O=C(O)c1cccc(CNC(=O)c2cc(Br)sc2Br)c1. The van der Waals surface area contributed by atoms with Crippen molar-refractivity contribution in [2.24, 2.45) is 0 Å². The Morgan fingerprint density at radius 2 is 2.00 bits per heavy atom. The lowest BCUT2D eigenvalue weighted by Crippen LogP contribution is -2.22. The molecule has 0 atom stereocenters. The maximum Gasteiger partial charge on any atom is 0.335 e. The van der Waals surface area contributed by atoms with E-state index in [0.717, 1.165) is 13.1 Å². The minimum atomic E-state index is -0.984. The molecule has 0 unspecified atom stereocenters. The van der Waals surface area contributed by atoms with E-state index in [2.05, 4.69) is 37.2 Å². The molecule has 1 heterocycles. The van der Waals surface area contributed by atoms with Crippen LogP contribution in [0.2, 0.25) is 0 Å². The minimum Gasteiger partial charge on any atom is -0.478 e. The second-order valence-corrected chi connectivity index (χ2v) is 7.68. The zero-order valence-corrected chi connectivity index (χ0v) is 14.0. The summed E-state index contributed by atoms with van der Waals surface area (Å²) in [5.74, 6) is -1.19. The summed E-state index contributed by atoms with van der Waals surface area (Å²) in [6.07, 6.45) is 0. The van der Waals surface area contributed by atoms with E-state index in [1.54, 1.807) is 24.3 Å². The van der Waals surface area contributed by atoms with E-state index in [1.165, 1.54) is 17.4 Å². The fourth-order valence-electron chi connectivity index (χ4n) is 1.59. The van der Waals surface area contributed by atoms with E-state index in [1.807, 2.05) is 0 Å². The maximum atomic E-state index is 12.0. The number of hydrogen-bond donors (Lipinski definition) is 2. The highest BCUT2D eigenvalue weighted by Crippen LogP contribution is 2.31. The van der Waals surface area contributed by atoms with Gasteiger partial charge < -0.3 is 10.4 Å². The van der Waals surface area contributed by atoms with Gasteiger partial charge in [-0.3, -0.25) is 4.79 Å². The molecule has 1 aromatic heterocycles. The van der Waals surface area contributed by atoms with Gasteiger partial charge in [-0.1, -0.05) is 12.1 Å². The molecule has 0 aliphatic carbocycles. The molecule has 0 aliphatic heterocycles. The van der Waals surface area contributed by atoms with Crippen LogP contribution in [0.15, 0.2) is 37.9 Å². The van der Waals surface area contributed by atoms with Crippen LogP contribution in [0, 0.1) is 0 Å². The number of rotatable bonds is 4. The van der Waals surface area contributed by atoms with Gasteiger partial charge in [-0.15, -0.1) is 11.3 Å². The second-order valence-electron chi connectivity index (χ2n) is 3.93. The van der Waals surface area contributed by atoms with E-state index >= 15 is 0 Å². The molecule has 2 rings (SSSR count). The van der Waals surface area contributed by atoms with Gasteiger partial charge in [-0.2, -0.15) is 0 Å². The summed E-state index contributed by atoms with van der Waals surface area (Å²) in [5.41, 5.74) is 1.50. The van der Waals surface area contributed by atoms with Crippen molar-refractivity contribution < 1.29 is 14.7 Å². The zero-order chi connectivity index (χ0) is 14.7. The van der Waals surface area contributed by atoms with Crippen molar-refractivity contribution in [2.75, 3.05) is 0 Å². The topological polar surface area (TPSA) is 66.4 Å². The van der Waals surface area contributed by atoms with Crippen molar-refractivity contribution in [2.45, 2.75) is 6.54 Å². The highest BCUT2D eigenvalue weighted by Gasteiger charge is 2.13. The molecule has 1 amide bonds. The highest BCUT2D eigenvalue weighted by molar-refractivity contribution is 9.12. The third-order valence-electron chi connectivity index (χ3n) is 2.53. The first-order valence-corrected chi connectivity index (χ1v) is 7.93. The van der Waals surface area contributed by atoms with Crippen molar-refractivity contribution in [3.63, 3.8) is 0 Å². The first-order chi connectivity index (χ1) is 9.47. The Balaban J connectivity index is 2.05. The fraction of sp³-hybridized carbons (Fsp3) is 0.0769. The summed E-state index contributed by atoms with van der Waals surface area (Å²) in [7, 11) is 0. The second kappa shape index (κ2) is 6.51. The number of carboxylic acids is 1. The molecule has 0 radical (unpaired) electrons. The number of carboxylic acid groups (broad SMARTS) is 1. The van der Waals surface area contributed by atoms with Crippen molar-refractivity contribution in [1.29, 1.82) is 0 Å². The Labute approximate surface area is 136 Å². The van der Waals surface area contributed by atoms with E-state index in [4.69, 9.17) is 5.11 Å². The molecule has 0 bridgehead atoms. The molecule has 20 heavy (non-hydrogen) atoms. The largest absolute Gasteiger partial charge is 0.478 e. The molecule has 7 heteroatoms. The van der Waals surface area contributed by atoms with Crippen LogP contribution < -0.4 is 5.32 Å².